The second-order valence-corrected chi connectivity index (χ2v) is 6.49. The Labute approximate surface area is 159 Å². The molecule has 5 heteroatoms. The maximum absolute atomic E-state index is 11.5. The van der Waals surface area contributed by atoms with Crippen LogP contribution in [0.2, 0.25) is 0 Å². The molecule has 4 rings (SSSR count). The third kappa shape index (κ3) is 3.07. The minimum absolute atomic E-state index is 0. The van der Waals surface area contributed by atoms with Crippen molar-refractivity contribution in [3.8, 4) is 5.75 Å². The molecule has 0 aliphatic carbocycles. The van der Waals surface area contributed by atoms with Gasteiger partial charge in [-0.05, 0) is 37.1 Å². The number of benzene rings is 2. The van der Waals surface area contributed by atoms with Crippen molar-refractivity contribution in [1.82, 2.24) is 0 Å². The van der Waals surface area contributed by atoms with E-state index in [1.165, 1.54) is 12.3 Å². The summed E-state index contributed by atoms with van der Waals surface area (Å²) in [6.07, 6.45) is 3.29. The Morgan fingerprint density at radius 3 is 2.44 bits per heavy atom. The number of aliphatic hydroxyl groups is 1. The summed E-state index contributed by atoms with van der Waals surface area (Å²) in [6.45, 7) is 1.45. The highest BCUT2D eigenvalue weighted by Gasteiger charge is 2.52. The van der Waals surface area contributed by atoms with Crippen LogP contribution in [0.4, 0.5) is 5.69 Å². The Kier molecular flexibility index (Phi) is 5.16. The van der Waals surface area contributed by atoms with Crippen LogP contribution in [0.3, 0.4) is 0 Å². The van der Waals surface area contributed by atoms with Crippen LogP contribution in [0.15, 0.2) is 54.6 Å². The molecule has 0 aromatic heterocycles. The number of rotatable bonds is 3. The van der Waals surface area contributed by atoms with Crippen LogP contribution >= 0.6 is 0 Å². The molecule has 2 aromatic carbocycles. The van der Waals surface area contributed by atoms with Gasteiger partial charge < -0.3 is 26.8 Å². The van der Waals surface area contributed by atoms with Crippen LogP contribution in [-0.4, -0.2) is 35.7 Å². The van der Waals surface area contributed by atoms with Crippen molar-refractivity contribution in [1.29, 1.82) is 0 Å². The molecule has 132 valence electrons. The smallest absolute Gasteiger partial charge is 0.271 e. The van der Waals surface area contributed by atoms with Crippen LogP contribution < -0.4 is 26.6 Å². The van der Waals surface area contributed by atoms with Crippen LogP contribution in [0.5, 0.6) is 5.75 Å². The topological polar surface area (TPSA) is 35.7 Å². The lowest BCUT2D eigenvalue weighted by Gasteiger charge is -2.24. The number of halogens is 1. The van der Waals surface area contributed by atoms with Gasteiger partial charge in [0.25, 0.3) is 11.6 Å². The van der Waals surface area contributed by atoms with Crippen LogP contribution in [-0.2, 0) is 5.72 Å². The lowest BCUT2D eigenvalue weighted by Crippen LogP contribution is -3.00. The van der Waals surface area contributed by atoms with E-state index in [0.29, 0.717) is 6.54 Å². The van der Waals surface area contributed by atoms with Gasteiger partial charge in [0, 0.05) is 12.0 Å². The van der Waals surface area contributed by atoms with Gasteiger partial charge in [0.2, 0.25) is 0 Å². The fraction of sp³-hybridized carbons (Fsp3) is 0.350. The summed E-state index contributed by atoms with van der Waals surface area (Å²) < 4.78 is 7.45. The first kappa shape index (κ1) is 18.0. The summed E-state index contributed by atoms with van der Waals surface area (Å²) >= 11 is 0. The molecule has 2 heterocycles. The van der Waals surface area contributed by atoms with Crippen LogP contribution in [0.1, 0.15) is 24.8 Å². The van der Waals surface area contributed by atoms with Gasteiger partial charge >= 0.3 is 0 Å². The molecule has 1 atom stereocenters. The third-order valence-corrected chi connectivity index (χ3v) is 5.10. The normalized spacial score (nSPS) is 22.4. The molecular formula is C20H23BrN2O2. The number of β-amino-alcohol motifs (C(OH)–C–C–N with tert-alkyl or cyclic N) is 1. The summed E-state index contributed by atoms with van der Waals surface area (Å²) in [6, 6.07) is 18.1. The maximum atomic E-state index is 11.5. The summed E-state index contributed by atoms with van der Waals surface area (Å²) in [5.41, 5.74) is 1.10. The van der Waals surface area contributed by atoms with E-state index in [-0.39, 0.29) is 17.0 Å². The van der Waals surface area contributed by atoms with Crippen LogP contribution in [0.25, 0.3) is 0 Å². The average Bonchev–Trinajstić information content (AvgIpc) is 2.97. The minimum Gasteiger partial charge on any atom is -1.00 e. The number of nitrogens with zero attached hydrogens (tertiary/aromatic N) is 2. The predicted molar refractivity (Wildman–Crippen MR) is 94.7 cm³/mol. The Morgan fingerprint density at radius 1 is 1.04 bits per heavy atom. The molecule has 25 heavy (non-hydrogen) atoms. The summed E-state index contributed by atoms with van der Waals surface area (Å²) in [4.78, 5) is 2.26. The molecule has 0 fully saturated rings. The van der Waals surface area contributed by atoms with Crippen molar-refractivity contribution in [3.63, 3.8) is 0 Å². The zero-order valence-electron chi connectivity index (χ0n) is 14.4. The molecule has 0 saturated carbocycles. The molecule has 1 N–H and O–H groups in total. The second kappa shape index (κ2) is 7.18. The zero-order valence-corrected chi connectivity index (χ0v) is 15.9. The first-order chi connectivity index (χ1) is 11.7. The van der Waals surface area contributed by atoms with E-state index in [1.54, 1.807) is 7.11 Å². The number of hydrogen-bond acceptors (Lipinski definition) is 3. The zero-order chi connectivity index (χ0) is 16.6. The van der Waals surface area contributed by atoms with Gasteiger partial charge in [0.05, 0.1) is 13.7 Å². The number of anilines is 1. The van der Waals surface area contributed by atoms with Gasteiger partial charge in [-0.15, -0.1) is 0 Å². The van der Waals surface area contributed by atoms with E-state index in [9.17, 15) is 5.11 Å². The fourth-order valence-corrected chi connectivity index (χ4v) is 3.85. The quantitative estimate of drug-likeness (QED) is 0.731. The average molecular weight is 403 g/mol. The van der Waals surface area contributed by atoms with Gasteiger partial charge in [0.1, 0.15) is 11.4 Å². The number of ether oxygens (including phenoxy) is 1. The number of hydrogen-bond donors (Lipinski definition) is 1. The molecule has 0 radical (unpaired) electrons. The Bertz CT molecular complexity index is 761. The largest absolute Gasteiger partial charge is 1.00 e. The number of amidine groups is 1. The predicted octanol–water partition coefficient (Wildman–Crippen LogP) is -0.0406. The maximum Gasteiger partial charge on any atom is 0.271 e. The lowest BCUT2D eigenvalue weighted by molar-refractivity contribution is -0.661. The second-order valence-electron chi connectivity index (χ2n) is 6.49. The van der Waals surface area contributed by atoms with E-state index in [2.05, 4.69) is 21.6 Å². The van der Waals surface area contributed by atoms with Gasteiger partial charge in [-0.3, -0.25) is 0 Å². The van der Waals surface area contributed by atoms with Crippen molar-refractivity contribution in [2.75, 3.05) is 25.1 Å². The minimum atomic E-state index is -0.961. The highest BCUT2D eigenvalue weighted by Crippen LogP contribution is 2.35. The first-order valence-electron chi connectivity index (χ1n) is 8.55. The summed E-state index contributed by atoms with van der Waals surface area (Å²) in [5.74, 6) is 2.07. The van der Waals surface area contributed by atoms with E-state index < -0.39 is 5.72 Å². The van der Waals surface area contributed by atoms with E-state index in [4.69, 9.17) is 4.74 Å². The Hall–Kier alpha value is -1.85. The molecule has 0 bridgehead atoms. The highest BCUT2D eigenvalue weighted by atomic mass is 79.9. The molecule has 1 unspecified atom stereocenters. The SMILES string of the molecule is COc1ccc(N2CC(O)(c3ccccc3)[N+]3=C2CCCC3)cc1.[Br-]. The molecule has 0 amide bonds. The first-order valence-corrected chi connectivity index (χ1v) is 8.55. The lowest BCUT2D eigenvalue weighted by atomic mass is 10.0. The molecule has 4 nitrogen and oxygen atoms in total. The summed E-state index contributed by atoms with van der Waals surface area (Å²) in [5, 5.41) is 11.5. The van der Waals surface area contributed by atoms with Gasteiger partial charge in [-0.25, -0.2) is 9.48 Å². The summed E-state index contributed by atoms with van der Waals surface area (Å²) in [7, 11) is 1.68. The van der Waals surface area contributed by atoms with Crippen molar-refractivity contribution in [2.45, 2.75) is 25.0 Å². The third-order valence-electron chi connectivity index (χ3n) is 5.10. The van der Waals surface area contributed by atoms with Crippen molar-refractivity contribution < 1.29 is 31.4 Å². The monoisotopic (exact) mass is 402 g/mol. The van der Waals surface area contributed by atoms with E-state index in [0.717, 1.165) is 36.4 Å². The highest BCUT2D eigenvalue weighted by molar-refractivity contribution is 5.96. The van der Waals surface area contributed by atoms with E-state index in [1.807, 2.05) is 42.5 Å². The van der Waals surface area contributed by atoms with Crippen molar-refractivity contribution >= 4 is 11.5 Å². The molecule has 0 saturated heterocycles. The van der Waals surface area contributed by atoms with Crippen molar-refractivity contribution in [3.05, 3.63) is 60.2 Å². The molecule has 2 aromatic rings. The fourth-order valence-electron chi connectivity index (χ4n) is 3.85. The Balaban J connectivity index is 0.00000182. The standard InChI is InChI=1S/C20H23N2O2.BrH/c1-24-18-12-10-17(11-13-18)21-15-20(23,16-7-3-2-4-8-16)22-14-6-5-9-19(21)22;/h2-4,7-8,10-13,23H,5-6,9,14-15H2,1H3;1H/q+1;/p-1. The molecule has 0 spiro atoms. The Morgan fingerprint density at radius 2 is 1.76 bits per heavy atom. The number of methoxy groups -OCH3 is 1. The molecular weight excluding hydrogens is 380 g/mol. The van der Waals surface area contributed by atoms with E-state index >= 15 is 0 Å². The van der Waals surface area contributed by atoms with Crippen LogP contribution in [0, 0.1) is 0 Å². The van der Waals surface area contributed by atoms with Gasteiger partial charge in [0.15, 0.2) is 6.54 Å². The molecule has 2 aliphatic heterocycles. The van der Waals surface area contributed by atoms with Gasteiger partial charge in [-0.1, -0.05) is 30.3 Å². The molecule has 2 aliphatic rings. The van der Waals surface area contributed by atoms with Crippen molar-refractivity contribution in [2.24, 2.45) is 0 Å². The van der Waals surface area contributed by atoms with Gasteiger partial charge in [-0.2, -0.15) is 0 Å².